The average Bonchev–Trinajstić information content (AvgIpc) is 2.81. The zero-order valence-electron chi connectivity index (χ0n) is 21.5. The van der Waals surface area contributed by atoms with E-state index in [4.69, 9.17) is 14.2 Å². The third kappa shape index (κ3) is 5.85. The highest BCUT2D eigenvalue weighted by Crippen LogP contribution is 2.44. The Labute approximate surface area is 208 Å². The van der Waals surface area contributed by atoms with Gasteiger partial charge in [-0.05, 0) is 66.3 Å². The highest BCUT2D eigenvalue weighted by Gasteiger charge is 2.45. The van der Waals surface area contributed by atoms with E-state index in [0.717, 1.165) is 28.1 Å². The fraction of sp³-hybridized carbons (Fsp3) is 0.400. The van der Waals surface area contributed by atoms with Crippen LogP contribution in [0.4, 0.5) is 10.1 Å². The summed E-state index contributed by atoms with van der Waals surface area (Å²) in [5, 5.41) is 3.41. The summed E-state index contributed by atoms with van der Waals surface area (Å²) in [6, 6.07) is 21.1. The molecule has 0 saturated carbocycles. The molecule has 0 aromatic heterocycles. The molecule has 2 atom stereocenters. The first-order valence-corrected chi connectivity index (χ1v) is 12.1. The molecule has 0 amide bonds. The quantitative estimate of drug-likeness (QED) is 0.391. The lowest BCUT2D eigenvalue weighted by Gasteiger charge is -2.44. The maximum atomic E-state index is 13.2. The van der Waals surface area contributed by atoms with Crippen LogP contribution in [0.15, 0.2) is 66.7 Å². The first-order valence-electron chi connectivity index (χ1n) is 12.1. The third-order valence-corrected chi connectivity index (χ3v) is 6.56. The Morgan fingerprint density at radius 3 is 2.23 bits per heavy atom. The molecule has 0 saturated heterocycles. The minimum absolute atomic E-state index is 0.117. The van der Waals surface area contributed by atoms with E-state index in [0.29, 0.717) is 13.2 Å². The van der Waals surface area contributed by atoms with Crippen LogP contribution in [0.1, 0.15) is 63.0 Å². The Morgan fingerprint density at radius 2 is 1.60 bits per heavy atom. The van der Waals surface area contributed by atoms with Gasteiger partial charge in [-0.15, -0.1) is 0 Å². The lowest BCUT2D eigenvalue weighted by molar-refractivity contribution is -0.159. The summed E-state index contributed by atoms with van der Waals surface area (Å²) in [7, 11) is 1.71. The van der Waals surface area contributed by atoms with Crippen molar-refractivity contribution in [2.75, 3.05) is 12.4 Å². The molecule has 3 aromatic rings. The van der Waals surface area contributed by atoms with Gasteiger partial charge in [0.1, 0.15) is 29.4 Å². The molecule has 0 fully saturated rings. The van der Waals surface area contributed by atoms with Crippen molar-refractivity contribution in [3.8, 4) is 5.75 Å². The predicted molar refractivity (Wildman–Crippen MR) is 138 cm³/mol. The van der Waals surface area contributed by atoms with Gasteiger partial charge in [0, 0.05) is 24.9 Å². The van der Waals surface area contributed by atoms with Gasteiger partial charge in [-0.3, -0.25) is 0 Å². The molecule has 0 aliphatic carbocycles. The molecule has 0 bridgehead atoms. The number of methoxy groups -OCH3 is 1. The molecule has 1 aliphatic heterocycles. The Morgan fingerprint density at radius 1 is 0.943 bits per heavy atom. The second kappa shape index (κ2) is 10.00. The number of benzene rings is 3. The van der Waals surface area contributed by atoms with Crippen molar-refractivity contribution in [2.45, 2.75) is 71.0 Å². The maximum absolute atomic E-state index is 13.2. The molecule has 2 unspecified atom stereocenters. The predicted octanol–water partition coefficient (Wildman–Crippen LogP) is 7.18. The van der Waals surface area contributed by atoms with E-state index < -0.39 is 5.60 Å². The number of halogens is 1. The van der Waals surface area contributed by atoms with Crippen LogP contribution in [0.5, 0.6) is 5.75 Å². The Bertz CT molecular complexity index is 1130. The van der Waals surface area contributed by atoms with E-state index >= 15 is 0 Å². The smallest absolute Gasteiger partial charge is 0.132 e. The van der Waals surface area contributed by atoms with Gasteiger partial charge in [0.05, 0.1) is 6.61 Å². The molecule has 3 aromatic carbocycles. The molecule has 1 heterocycles. The highest BCUT2D eigenvalue weighted by atomic mass is 19.1. The molecular weight excluding hydrogens is 441 g/mol. The van der Waals surface area contributed by atoms with E-state index in [1.165, 1.54) is 17.7 Å². The SMILES string of the molecule is COC1c2cc(NCc3ccc(F)cc3)ccc2OC(C)(C)C1OCc1ccc(C(C)(C)C)cc1. The zero-order valence-corrected chi connectivity index (χ0v) is 21.5. The molecule has 4 rings (SSSR count). The summed E-state index contributed by atoms with van der Waals surface area (Å²) >= 11 is 0. The van der Waals surface area contributed by atoms with Crippen molar-refractivity contribution in [1.82, 2.24) is 0 Å². The van der Waals surface area contributed by atoms with Gasteiger partial charge in [-0.2, -0.15) is 0 Å². The molecule has 5 heteroatoms. The van der Waals surface area contributed by atoms with Gasteiger partial charge >= 0.3 is 0 Å². The van der Waals surface area contributed by atoms with E-state index in [1.807, 2.05) is 26.0 Å². The fourth-order valence-electron chi connectivity index (χ4n) is 4.47. The highest BCUT2D eigenvalue weighted by molar-refractivity contribution is 5.54. The molecule has 1 aliphatic rings. The fourth-order valence-corrected chi connectivity index (χ4v) is 4.47. The first kappa shape index (κ1) is 25.2. The van der Waals surface area contributed by atoms with Crippen molar-refractivity contribution in [2.24, 2.45) is 0 Å². The number of nitrogens with one attached hydrogen (secondary N) is 1. The van der Waals surface area contributed by atoms with Crippen LogP contribution >= 0.6 is 0 Å². The summed E-state index contributed by atoms with van der Waals surface area (Å²) in [4.78, 5) is 0. The van der Waals surface area contributed by atoms with E-state index in [9.17, 15) is 4.39 Å². The van der Waals surface area contributed by atoms with Crippen molar-refractivity contribution in [1.29, 1.82) is 0 Å². The molecule has 186 valence electrons. The molecule has 35 heavy (non-hydrogen) atoms. The van der Waals surface area contributed by atoms with Crippen LogP contribution in [0.25, 0.3) is 0 Å². The summed E-state index contributed by atoms with van der Waals surface area (Å²) in [6.45, 7) is 11.8. The number of hydrogen-bond acceptors (Lipinski definition) is 4. The average molecular weight is 478 g/mol. The molecule has 1 N–H and O–H groups in total. The van der Waals surface area contributed by atoms with Gasteiger partial charge < -0.3 is 19.5 Å². The molecule has 4 nitrogen and oxygen atoms in total. The van der Waals surface area contributed by atoms with E-state index in [-0.39, 0.29) is 23.4 Å². The molecular formula is C30H36FNO3. The zero-order chi connectivity index (χ0) is 25.2. The van der Waals surface area contributed by atoms with Gasteiger partial charge in [0.2, 0.25) is 0 Å². The monoisotopic (exact) mass is 477 g/mol. The van der Waals surface area contributed by atoms with Crippen LogP contribution < -0.4 is 10.1 Å². The van der Waals surface area contributed by atoms with Gasteiger partial charge in [0.25, 0.3) is 0 Å². The standard InChI is InChI=1S/C30H36FNO3/c1-29(2,3)22-11-7-21(8-12-22)19-34-28-27(33-6)25-17-24(15-16-26(25)35-30(28,4)5)32-18-20-9-13-23(31)14-10-20/h7-17,27-28,32H,18-19H2,1-6H3. The van der Waals surface area contributed by atoms with E-state index in [1.54, 1.807) is 19.2 Å². The summed E-state index contributed by atoms with van der Waals surface area (Å²) in [5.41, 5.74) is 4.85. The Hall–Kier alpha value is -2.89. The normalized spacial score (nSPS) is 19.1. The summed E-state index contributed by atoms with van der Waals surface area (Å²) in [6.07, 6.45) is -0.579. The van der Waals surface area contributed by atoms with Crippen molar-refractivity contribution in [3.63, 3.8) is 0 Å². The maximum Gasteiger partial charge on any atom is 0.132 e. The van der Waals surface area contributed by atoms with Gasteiger partial charge in [0.15, 0.2) is 0 Å². The number of rotatable bonds is 7. The van der Waals surface area contributed by atoms with Crippen molar-refractivity contribution >= 4 is 5.69 Å². The van der Waals surface area contributed by atoms with Crippen LogP contribution in [0.3, 0.4) is 0 Å². The summed E-state index contributed by atoms with van der Waals surface area (Å²) in [5.74, 6) is 0.560. The van der Waals surface area contributed by atoms with E-state index in [2.05, 4.69) is 56.4 Å². The first-order chi connectivity index (χ1) is 16.6. The molecule has 0 radical (unpaired) electrons. The van der Waals surface area contributed by atoms with Crippen molar-refractivity contribution in [3.05, 3.63) is 94.8 Å². The lowest BCUT2D eigenvalue weighted by atomic mass is 9.86. The number of ether oxygens (including phenoxy) is 3. The number of anilines is 1. The van der Waals surface area contributed by atoms with Crippen LogP contribution in [-0.2, 0) is 28.0 Å². The van der Waals surface area contributed by atoms with Crippen LogP contribution in [0.2, 0.25) is 0 Å². The largest absolute Gasteiger partial charge is 0.485 e. The Kier molecular flexibility index (Phi) is 7.20. The number of fused-ring (bicyclic) bond motifs is 1. The second-order valence-corrected chi connectivity index (χ2v) is 10.8. The van der Waals surface area contributed by atoms with Crippen molar-refractivity contribution < 1.29 is 18.6 Å². The lowest BCUT2D eigenvalue weighted by Crippen LogP contribution is -2.50. The molecule has 0 spiro atoms. The third-order valence-electron chi connectivity index (χ3n) is 6.56. The minimum atomic E-state index is -0.567. The minimum Gasteiger partial charge on any atom is -0.485 e. The summed E-state index contributed by atoms with van der Waals surface area (Å²) < 4.78 is 32.0. The topological polar surface area (TPSA) is 39.7 Å². The van der Waals surface area contributed by atoms with Crippen LogP contribution in [0, 0.1) is 5.82 Å². The number of hydrogen-bond donors (Lipinski definition) is 1. The second-order valence-electron chi connectivity index (χ2n) is 10.8. The van der Waals surface area contributed by atoms with Gasteiger partial charge in [-0.25, -0.2) is 4.39 Å². The van der Waals surface area contributed by atoms with Gasteiger partial charge in [-0.1, -0.05) is 57.2 Å². The van der Waals surface area contributed by atoms with Crippen LogP contribution in [-0.4, -0.2) is 18.8 Å². The Balaban J connectivity index is 1.50.